The molecule has 0 amide bonds. The van der Waals surface area contributed by atoms with Gasteiger partial charge in [0.1, 0.15) is 6.23 Å². The first-order valence-electron chi connectivity index (χ1n) is 6.60. The van der Waals surface area contributed by atoms with E-state index in [0.29, 0.717) is 6.26 Å². The van der Waals surface area contributed by atoms with Gasteiger partial charge in [0.15, 0.2) is 15.6 Å². The molecule has 0 aromatic carbocycles. The largest absolute Gasteiger partial charge is 0.392 e. The summed E-state index contributed by atoms with van der Waals surface area (Å²) in [6.45, 7) is 0.189. The first-order valence-corrected chi connectivity index (χ1v) is 8.49. The topological polar surface area (TPSA) is 187 Å². The number of aliphatic hydroxyl groups excluding tert-OH is 1. The minimum atomic E-state index is -4.29. The molecule has 1 aromatic heterocycles. The summed E-state index contributed by atoms with van der Waals surface area (Å²) < 4.78 is 30.3. The SMILES string of the molecule is Cc1cn([C@H]2C[C@@](O)(N=[N+]=[N-])[C@](CO)(S(C)(=O)=O)O2)c(=O)[nH]c1=O. The Labute approximate surface area is 134 Å². The van der Waals surface area contributed by atoms with Crippen LogP contribution in [0.2, 0.25) is 0 Å². The van der Waals surface area contributed by atoms with E-state index in [1.165, 1.54) is 6.92 Å². The maximum Gasteiger partial charge on any atom is 0.330 e. The van der Waals surface area contributed by atoms with E-state index >= 15 is 0 Å². The third-order valence-corrected chi connectivity index (χ3v) is 5.62. The van der Waals surface area contributed by atoms with Crippen LogP contribution in [0.1, 0.15) is 18.2 Å². The Kier molecular flexibility index (Phi) is 4.33. The molecule has 1 fully saturated rings. The monoisotopic (exact) mass is 361 g/mol. The van der Waals surface area contributed by atoms with E-state index < -0.39 is 51.0 Å². The number of sulfone groups is 1. The van der Waals surface area contributed by atoms with Crippen molar-refractivity contribution in [3.8, 4) is 0 Å². The summed E-state index contributed by atoms with van der Waals surface area (Å²) in [6, 6.07) is 0. The van der Waals surface area contributed by atoms with E-state index in [1.54, 1.807) is 0 Å². The first-order chi connectivity index (χ1) is 11.0. The van der Waals surface area contributed by atoms with Gasteiger partial charge in [-0.15, -0.1) is 0 Å². The summed E-state index contributed by atoms with van der Waals surface area (Å²) in [5.74, 6) is 0. The number of aryl methyl sites for hydroxylation is 1. The lowest BCUT2D eigenvalue weighted by atomic mass is 10.1. The van der Waals surface area contributed by atoms with E-state index in [4.69, 9.17) is 10.3 Å². The molecule has 0 radical (unpaired) electrons. The molecule has 1 aromatic rings. The quantitative estimate of drug-likeness (QED) is 0.330. The standard InChI is InChI=1S/C11H15N5O7S/c1-6-4-16(9(19)13-8(6)18)7-3-10(20,14-15-12)11(5-17,23-7)24(2,21)22/h4,7,17,20H,3,5H2,1-2H3,(H,13,18,19)/t7-,10+,11+/m1/s1. The Morgan fingerprint density at radius 1 is 1.58 bits per heavy atom. The predicted molar refractivity (Wildman–Crippen MR) is 79.6 cm³/mol. The van der Waals surface area contributed by atoms with Gasteiger partial charge in [0.05, 0.1) is 6.61 Å². The third kappa shape index (κ3) is 2.52. The van der Waals surface area contributed by atoms with Gasteiger partial charge in [0, 0.05) is 29.3 Å². The maximum atomic E-state index is 12.1. The average Bonchev–Trinajstić information content (AvgIpc) is 2.76. The molecule has 1 aliphatic heterocycles. The Balaban J connectivity index is 2.68. The molecule has 132 valence electrons. The molecular weight excluding hydrogens is 346 g/mol. The summed E-state index contributed by atoms with van der Waals surface area (Å²) in [4.78, 5) is 25.1. The molecule has 2 heterocycles. The Morgan fingerprint density at radius 3 is 2.71 bits per heavy atom. The highest BCUT2D eigenvalue weighted by Crippen LogP contribution is 2.47. The van der Waals surface area contributed by atoms with Crippen LogP contribution in [-0.4, -0.2) is 51.7 Å². The van der Waals surface area contributed by atoms with Crippen molar-refractivity contribution in [2.75, 3.05) is 12.9 Å². The van der Waals surface area contributed by atoms with Gasteiger partial charge in [0.25, 0.3) is 5.56 Å². The summed E-state index contributed by atoms with van der Waals surface area (Å²) in [5, 5.41) is 23.1. The number of nitrogens with zero attached hydrogens (tertiary/aromatic N) is 4. The van der Waals surface area contributed by atoms with E-state index in [0.717, 1.165) is 10.8 Å². The molecule has 1 saturated heterocycles. The summed E-state index contributed by atoms with van der Waals surface area (Å²) in [6.07, 6.45) is -0.233. The summed E-state index contributed by atoms with van der Waals surface area (Å²) in [5.41, 5.74) is 4.55. The second-order valence-electron chi connectivity index (χ2n) is 5.44. The van der Waals surface area contributed by atoms with Gasteiger partial charge < -0.3 is 14.9 Å². The minimum absolute atomic E-state index is 0.131. The van der Waals surface area contributed by atoms with Crippen molar-refractivity contribution >= 4 is 9.84 Å². The molecule has 1 aliphatic rings. The van der Waals surface area contributed by atoms with Crippen molar-refractivity contribution in [1.29, 1.82) is 0 Å². The lowest BCUT2D eigenvalue weighted by molar-refractivity contribution is -0.109. The number of aromatic amines is 1. The molecule has 0 saturated carbocycles. The molecule has 0 bridgehead atoms. The number of hydrogen-bond acceptors (Lipinski definition) is 8. The normalized spacial score (nSPS) is 30.1. The van der Waals surface area contributed by atoms with Crippen LogP contribution >= 0.6 is 0 Å². The predicted octanol–water partition coefficient (Wildman–Crippen LogP) is -1.50. The molecule has 3 atom stereocenters. The highest BCUT2D eigenvalue weighted by molar-refractivity contribution is 7.92. The smallest absolute Gasteiger partial charge is 0.330 e. The summed E-state index contributed by atoms with van der Waals surface area (Å²) >= 11 is 0. The number of rotatable bonds is 4. The maximum absolute atomic E-state index is 12.1. The van der Waals surface area contributed by atoms with E-state index in [1.807, 2.05) is 4.98 Å². The van der Waals surface area contributed by atoms with E-state index in [-0.39, 0.29) is 5.56 Å². The number of azide groups is 1. The van der Waals surface area contributed by atoms with Crippen molar-refractivity contribution in [2.45, 2.75) is 30.2 Å². The molecule has 12 nitrogen and oxygen atoms in total. The van der Waals surface area contributed by atoms with Gasteiger partial charge in [-0.1, -0.05) is 5.11 Å². The van der Waals surface area contributed by atoms with Crippen LogP contribution in [0, 0.1) is 6.92 Å². The van der Waals surface area contributed by atoms with Gasteiger partial charge >= 0.3 is 5.69 Å². The van der Waals surface area contributed by atoms with Gasteiger partial charge in [-0.05, 0) is 12.5 Å². The van der Waals surface area contributed by atoms with Crippen LogP contribution in [-0.2, 0) is 14.6 Å². The molecule has 2 rings (SSSR count). The highest BCUT2D eigenvalue weighted by atomic mass is 32.2. The van der Waals surface area contributed by atoms with Crippen molar-refractivity contribution in [1.82, 2.24) is 9.55 Å². The molecular formula is C11H15N5O7S. The van der Waals surface area contributed by atoms with Crippen LogP contribution in [0.25, 0.3) is 10.4 Å². The zero-order valence-electron chi connectivity index (χ0n) is 12.7. The molecule has 0 spiro atoms. The minimum Gasteiger partial charge on any atom is -0.392 e. The van der Waals surface area contributed by atoms with Crippen LogP contribution in [0.15, 0.2) is 20.9 Å². The van der Waals surface area contributed by atoms with Crippen molar-refractivity contribution in [2.24, 2.45) is 5.11 Å². The molecule has 0 unspecified atom stereocenters. The number of aliphatic hydroxyl groups is 2. The second-order valence-corrected chi connectivity index (χ2v) is 7.65. The Bertz CT molecular complexity index is 931. The zero-order chi connectivity index (χ0) is 18.3. The van der Waals surface area contributed by atoms with Crippen molar-refractivity contribution < 1.29 is 23.4 Å². The molecule has 0 aliphatic carbocycles. The van der Waals surface area contributed by atoms with Crippen molar-refractivity contribution in [3.63, 3.8) is 0 Å². The van der Waals surface area contributed by atoms with Crippen molar-refractivity contribution in [3.05, 3.63) is 43.0 Å². The number of ether oxygens (including phenoxy) is 1. The number of hydrogen-bond donors (Lipinski definition) is 3. The van der Waals surface area contributed by atoms with E-state index in [2.05, 4.69) is 10.0 Å². The van der Waals surface area contributed by atoms with Crippen LogP contribution < -0.4 is 11.2 Å². The number of nitrogens with one attached hydrogen (secondary N) is 1. The van der Waals surface area contributed by atoms with Crippen LogP contribution in [0.3, 0.4) is 0 Å². The van der Waals surface area contributed by atoms with Gasteiger partial charge in [-0.2, -0.15) is 0 Å². The van der Waals surface area contributed by atoms with Crippen LogP contribution in [0.5, 0.6) is 0 Å². The van der Waals surface area contributed by atoms with Gasteiger partial charge in [-0.3, -0.25) is 14.3 Å². The number of H-pyrrole nitrogens is 1. The fourth-order valence-electron chi connectivity index (χ4n) is 2.57. The summed E-state index contributed by atoms with van der Waals surface area (Å²) in [7, 11) is -4.29. The highest BCUT2D eigenvalue weighted by Gasteiger charge is 2.66. The fraction of sp³-hybridized carbons (Fsp3) is 0.636. The van der Waals surface area contributed by atoms with Gasteiger partial charge in [-0.25, -0.2) is 13.2 Å². The Morgan fingerprint density at radius 2 is 2.21 bits per heavy atom. The lowest BCUT2D eigenvalue weighted by Gasteiger charge is -2.33. The molecule has 3 N–H and O–H groups in total. The fourth-order valence-corrected chi connectivity index (χ4v) is 3.80. The lowest BCUT2D eigenvalue weighted by Crippen LogP contribution is -2.57. The first kappa shape index (κ1) is 18.2. The van der Waals surface area contributed by atoms with Crippen LogP contribution in [0.4, 0.5) is 0 Å². The molecule has 24 heavy (non-hydrogen) atoms. The van der Waals surface area contributed by atoms with E-state index in [9.17, 15) is 28.2 Å². The second kappa shape index (κ2) is 5.72. The molecule has 13 heteroatoms. The average molecular weight is 361 g/mol. The zero-order valence-corrected chi connectivity index (χ0v) is 13.5. The third-order valence-electron chi connectivity index (χ3n) is 3.87. The number of aromatic nitrogens is 2. The van der Waals surface area contributed by atoms with Gasteiger partial charge in [0.2, 0.25) is 4.93 Å². The Hall–Kier alpha value is -2.18.